The molecule has 0 amide bonds. The number of ether oxygens (including phenoxy) is 1. The minimum absolute atomic E-state index is 0.157. The first-order valence-electron chi connectivity index (χ1n) is 11.4. The van der Waals surface area contributed by atoms with Gasteiger partial charge in [0, 0.05) is 41.5 Å². The van der Waals surface area contributed by atoms with Crippen LogP contribution in [0.1, 0.15) is 51.7 Å². The number of piperazine rings is 1. The summed E-state index contributed by atoms with van der Waals surface area (Å²) in [6, 6.07) is 15.2. The standard InChI is InChI=1S/C26H33N3O2S/c1-18(2)19-10-11-22-20(16-19)25(27-21-8-6-7-9-23(21)32-22)29-14-12-28(13-15-29)17-24(30)31-26(3,4)5/h6-11,16,18H,12-15,17H2,1-5H3. The third-order valence-corrected chi connectivity index (χ3v) is 6.81. The Balaban J connectivity index is 1.57. The Morgan fingerprint density at radius 2 is 1.78 bits per heavy atom. The topological polar surface area (TPSA) is 45.1 Å². The third kappa shape index (κ3) is 5.36. The third-order valence-electron chi connectivity index (χ3n) is 5.67. The van der Waals surface area contributed by atoms with Crippen LogP contribution in [0, 0.1) is 0 Å². The van der Waals surface area contributed by atoms with Gasteiger partial charge >= 0.3 is 5.97 Å². The minimum Gasteiger partial charge on any atom is -0.459 e. The minimum atomic E-state index is -0.448. The molecule has 1 fully saturated rings. The van der Waals surface area contributed by atoms with Gasteiger partial charge in [0.1, 0.15) is 11.4 Å². The van der Waals surface area contributed by atoms with E-state index < -0.39 is 5.60 Å². The molecule has 0 N–H and O–H groups in total. The van der Waals surface area contributed by atoms with Crippen molar-refractivity contribution in [2.24, 2.45) is 4.99 Å². The first-order valence-corrected chi connectivity index (χ1v) is 12.2. The van der Waals surface area contributed by atoms with Crippen LogP contribution in [-0.2, 0) is 9.53 Å². The largest absolute Gasteiger partial charge is 0.459 e. The molecule has 0 unspecified atom stereocenters. The van der Waals surface area contributed by atoms with Gasteiger partial charge in [-0.25, -0.2) is 4.99 Å². The zero-order chi connectivity index (χ0) is 22.9. The van der Waals surface area contributed by atoms with Gasteiger partial charge in [-0.3, -0.25) is 9.69 Å². The van der Waals surface area contributed by atoms with Gasteiger partial charge in [-0.1, -0.05) is 43.8 Å². The molecule has 0 saturated carbocycles. The number of carbonyl (C=O) groups is 1. The second-order valence-electron chi connectivity index (χ2n) is 9.77. The Morgan fingerprint density at radius 3 is 2.47 bits per heavy atom. The van der Waals surface area contributed by atoms with Crippen molar-refractivity contribution in [2.45, 2.75) is 55.9 Å². The number of carbonyl (C=O) groups excluding carboxylic acids is 1. The van der Waals surface area contributed by atoms with Gasteiger partial charge in [0.15, 0.2) is 0 Å². The van der Waals surface area contributed by atoms with Crippen molar-refractivity contribution in [3.8, 4) is 0 Å². The number of hydrogen-bond donors (Lipinski definition) is 0. The van der Waals surface area contributed by atoms with Gasteiger partial charge in [0.25, 0.3) is 0 Å². The number of fused-ring (bicyclic) bond motifs is 2. The van der Waals surface area contributed by atoms with Gasteiger partial charge < -0.3 is 9.64 Å². The first-order chi connectivity index (χ1) is 15.2. The van der Waals surface area contributed by atoms with Crippen LogP contribution in [0.4, 0.5) is 5.69 Å². The molecule has 0 bridgehead atoms. The van der Waals surface area contributed by atoms with E-state index in [9.17, 15) is 4.79 Å². The highest BCUT2D eigenvalue weighted by Crippen LogP contribution is 2.41. The van der Waals surface area contributed by atoms with Gasteiger partial charge in [-0.05, 0) is 56.5 Å². The lowest BCUT2D eigenvalue weighted by Gasteiger charge is -2.36. The monoisotopic (exact) mass is 451 g/mol. The van der Waals surface area contributed by atoms with Crippen molar-refractivity contribution in [1.29, 1.82) is 0 Å². The van der Waals surface area contributed by atoms with Crippen molar-refractivity contribution in [3.05, 3.63) is 53.6 Å². The van der Waals surface area contributed by atoms with E-state index in [0.717, 1.165) is 37.7 Å². The van der Waals surface area contributed by atoms with E-state index in [1.807, 2.05) is 20.8 Å². The van der Waals surface area contributed by atoms with E-state index in [-0.39, 0.29) is 5.97 Å². The van der Waals surface area contributed by atoms with Crippen LogP contribution < -0.4 is 0 Å². The van der Waals surface area contributed by atoms with E-state index in [1.165, 1.54) is 20.9 Å². The average Bonchev–Trinajstić information content (AvgIpc) is 2.89. The fourth-order valence-corrected chi connectivity index (χ4v) is 5.01. The molecule has 0 radical (unpaired) electrons. The van der Waals surface area contributed by atoms with Crippen molar-refractivity contribution in [2.75, 3.05) is 32.7 Å². The number of esters is 1. The van der Waals surface area contributed by atoms with E-state index in [4.69, 9.17) is 9.73 Å². The molecule has 0 atom stereocenters. The maximum atomic E-state index is 12.3. The Bertz CT molecular complexity index is 1020. The lowest BCUT2D eigenvalue weighted by molar-refractivity contribution is -0.156. The van der Waals surface area contributed by atoms with Crippen LogP contribution in [-0.4, -0.2) is 59.9 Å². The van der Waals surface area contributed by atoms with Crippen LogP contribution in [0.15, 0.2) is 57.2 Å². The quantitative estimate of drug-likeness (QED) is 0.592. The summed E-state index contributed by atoms with van der Waals surface area (Å²) in [6.45, 7) is 13.8. The van der Waals surface area contributed by atoms with Crippen LogP contribution in [0.25, 0.3) is 0 Å². The predicted molar refractivity (Wildman–Crippen MR) is 131 cm³/mol. The van der Waals surface area contributed by atoms with Crippen LogP contribution in [0.5, 0.6) is 0 Å². The van der Waals surface area contributed by atoms with E-state index in [0.29, 0.717) is 12.5 Å². The number of nitrogens with zero attached hydrogens (tertiary/aromatic N) is 3. The molecule has 1 saturated heterocycles. The molecule has 0 aliphatic carbocycles. The summed E-state index contributed by atoms with van der Waals surface area (Å²) in [4.78, 5) is 24.4. The molecule has 2 aliphatic rings. The van der Waals surface area contributed by atoms with Gasteiger partial charge in [0.2, 0.25) is 0 Å². The molecule has 4 rings (SSSR count). The molecule has 170 valence electrons. The smallest absolute Gasteiger partial charge is 0.320 e. The Hall–Kier alpha value is -2.31. The Labute approximate surface area is 195 Å². The summed E-state index contributed by atoms with van der Waals surface area (Å²) in [6.07, 6.45) is 0. The lowest BCUT2D eigenvalue weighted by atomic mass is 10.00. The van der Waals surface area contributed by atoms with Gasteiger partial charge in [0.05, 0.1) is 12.2 Å². The predicted octanol–water partition coefficient (Wildman–Crippen LogP) is 5.31. The van der Waals surface area contributed by atoms with Crippen molar-refractivity contribution >= 4 is 29.3 Å². The van der Waals surface area contributed by atoms with Crippen molar-refractivity contribution in [3.63, 3.8) is 0 Å². The zero-order valence-corrected chi connectivity index (χ0v) is 20.5. The fourth-order valence-electron chi connectivity index (χ4n) is 4.01. The fraction of sp³-hybridized carbons (Fsp3) is 0.462. The number of hydrogen-bond acceptors (Lipinski definition) is 6. The SMILES string of the molecule is CC(C)c1ccc2c(c1)C(N1CCN(CC(=O)OC(C)(C)C)CC1)=Nc1ccccc1S2. The second-order valence-corrected chi connectivity index (χ2v) is 10.8. The number of amidine groups is 1. The molecule has 0 aromatic heterocycles. The summed E-state index contributed by atoms with van der Waals surface area (Å²) in [5.41, 5.74) is 3.10. The Kier molecular flexibility index (Phi) is 6.63. The maximum Gasteiger partial charge on any atom is 0.320 e. The van der Waals surface area contributed by atoms with Crippen LogP contribution in [0.2, 0.25) is 0 Å². The average molecular weight is 452 g/mol. The highest BCUT2D eigenvalue weighted by Gasteiger charge is 2.27. The molecular weight excluding hydrogens is 418 g/mol. The number of benzene rings is 2. The summed E-state index contributed by atoms with van der Waals surface area (Å²) < 4.78 is 5.50. The zero-order valence-electron chi connectivity index (χ0n) is 19.7. The first kappa shape index (κ1) is 22.9. The molecule has 32 heavy (non-hydrogen) atoms. The van der Waals surface area contributed by atoms with Gasteiger partial charge in [-0.2, -0.15) is 0 Å². The van der Waals surface area contributed by atoms with Gasteiger partial charge in [-0.15, -0.1) is 0 Å². The molecule has 5 nitrogen and oxygen atoms in total. The lowest BCUT2D eigenvalue weighted by Crippen LogP contribution is -2.50. The molecule has 2 aromatic carbocycles. The molecule has 2 aromatic rings. The number of para-hydroxylation sites is 1. The molecule has 6 heteroatoms. The highest BCUT2D eigenvalue weighted by molar-refractivity contribution is 7.99. The van der Waals surface area contributed by atoms with Crippen molar-refractivity contribution in [1.82, 2.24) is 9.80 Å². The molecule has 0 spiro atoms. The summed E-state index contributed by atoms with van der Waals surface area (Å²) in [5, 5.41) is 0. The van der Waals surface area contributed by atoms with Crippen LogP contribution in [0.3, 0.4) is 0 Å². The Morgan fingerprint density at radius 1 is 1.06 bits per heavy atom. The summed E-state index contributed by atoms with van der Waals surface area (Å²) in [7, 11) is 0. The number of aliphatic imine (C=N–C) groups is 1. The highest BCUT2D eigenvalue weighted by atomic mass is 32.2. The molecule has 2 aliphatic heterocycles. The van der Waals surface area contributed by atoms with Crippen molar-refractivity contribution < 1.29 is 9.53 Å². The maximum absolute atomic E-state index is 12.3. The van der Waals surface area contributed by atoms with E-state index >= 15 is 0 Å². The molecule has 2 heterocycles. The summed E-state index contributed by atoms with van der Waals surface area (Å²) in [5.74, 6) is 1.34. The normalized spacial score (nSPS) is 16.8. The van der Waals surface area contributed by atoms with E-state index in [1.54, 1.807) is 11.8 Å². The second kappa shape index (κ2) is 9.28. The van der Waals surface area contributed by atoms with Crippen LogP contribution >= 0.6 is 11.8 Å². The number of rotatable bonds is 3. The molecular formula is C26H33N3O2S. The van der Waals surface area contributed by atoms with E-state index in [2.05, 4.69) is 66.1 Å². The summed E-state index contributed by atoms with van der Waals surface area (Å²) >= 11 is 1.79.